The zero-order valence-corrected chi connectivity index (χ0v) is 11.4. The molecule has 0 aromatic heterocycles. The number of alkyl halides is 2. The van der Waals surface area contributed by atoms with Crippen molar-refractivity contribution in [3.63, 3.8) is 0 Å². The summed E-state index contributed by atoms with van der Waals surface area (Å²) in [5.41, 5.74) is -0.425. The highest BCUT2D eigenvalue weighted by Gasteiger charge is 2.24. The van der Waals surface area contributed by atoms with Gasteiger partial charge in [-0.3, -0.25) is 4.79 Å². The number of hydrogen-bond acceptors (Lipinski definition) is 4. The van der Waals surface area contributed by atoms with Crippen LogP contribution in [0.1, 0.15) is 42.6 Å². The Morgan fingerprint density at radius 3 is 2.48 bits per heavy atom. The monoisotopic (exact) mass is 302 g/mol. The van der Waals surface area contributed by atoms with E-state index in [9.17, 15) is 23.5 Å². The molecule has 21 heavy (non-hydrogen) atoms. The van der Waals surface area contributed by atoms with Gasteiger partial charge >= 0.3 is 11.9 Å². The van der Waals surface area contributed by atoms with E-state index >= 15 is 0 Å². The Bertz CT molecular complexity index is 516. The van der Waals surface area contributed by atoms with Crippen LogP contribution in [-0.4, -0.2) is 28.8 Å². The Kier molecular flexibility index (Phi) is 6.23. The number of carbonyl (C=O) groups excluding carboxylic acids is 1. The van der Waals surface area contributed by atoms with Crippen LogP contribution < -0.4 is 0 Å². The standard InChI is InChI=1S/C14H16F2O5/c1-2-21-11(17)6-4-8-3-5-9(13(15)16)10(7-8)12(18)14(19)20/h3,5,7,12-13,18H,2,4,6H2,1H3,(H,19,20). The van der Waals surface area contributed by atoms with Crippen LogP contribution in [0.15, 0.2) is 18.2 Å². The Hall–Kier alpha value is -2.02. The molecule has 7 heteroatoms. The molecule has 1 atom stereocenters. The molecule has 1 unspecified atom stereocenters. The molecule has 116 valence electrons. The number of aliphatic hydroxyl groups is 1. The summed E-state index contributed by atoms with van der Waals surface area (Å²) in [6.45, 7) is 1.91. The highest BCUT2D eigenvalue weighted by Crippen LogP contribution is 2.29. The summed E-state index contributed by atoms with van der Waals surface area (Å²) in [6.07, 6.45) is -4.67. The number of esters is 1. The molecule has 0 spiro atoms. The van der Waals surface area contributed by atoms with Crippen molar-refractivity contribution < 1.29 is 33.3 Å². The summed E-state index contributed by atoms with van der Waals surface area (Å²) in [5, 5.41) is 18.2. The summed E-state index contributed by atoms with van der Waals surface area (Å²) in [7, 11) is 0. The Labute approximate surface area is 120 Å². The number of rotatable bonds is 7. The van der Waals surface area contributed by atoms with Crippen molar-refractivity contribution in [1.82, 2.24) is 0 Å². The van der Waals surface area contributed by atoms with Gasteiger partial charge in [-0.25, -0.2) is 13.6 Å². The lowest BCUT2D eigenvalue weighted by molar-refractivity contribution is -0.147. The molecule has 0 bridgehead atoms. The highest BCUT2D eigenvalue weighted by molar-refractivity contribution is 5.75. The molecule has 0 aliphatic heterocycles. The van der Waals surface area contributed by atoms with E-state index in [-0.39, 0.29) is 25.0 Å². The van der Waals surface area contributed by atoms with E-state index in [0.717, 1.165) is 6.07 Å². The van der Waals surface area contributed by atoms with Crippen molar-refractivity contribution in [2.75, 3.05) is 6.61 Å². The summed E-state index contributed by atoms with van der Waals surface area (Å²) < 4.78 is 30.4. The second-order valence-corrected chi connectivity index (χ2v) is 4.31. The molecule has 5 nitrogen and oxygen atoms in total. The fourth-order valence-corrected chi connectivity index (χ4v) is 1.83. The van der Waals surface area contributed by atoms with E-state index in [1.807, 2.05) is 0 Å². The topological polar surface area (TPSA) is 83.8 Å². The van der Waals surface area contributed by atoms with Gasteiger partial charge < -0.3 is 14.9 Å². The maximum atomic E-state index is 12.8. The molecule has 0 saturated heterocycles. The van der Waals surface area contributed by atoms with Crippen LogP contribution in [0.3, 0.4) is 0 Å². The number of hydrogen-bond donors (Lipinski definition) is 2. The van der Waals surface area contributed by atoms with Crippen LogP contribution >= 0.6 is 0 Å². The molecule has 0 fully saturated rings. The molecule has 1 aromatic rings. The predicted octanol–water partition coefficient (Wildman–Crippen LogP) is 2.24. The minimum Gasteiger partial charge on any atom is -0.479 e. The first-order valence-corrected chi connectivity index (χ1v) is 6.34. The van der Waals surface area contributed by atoms with Crippen LogP contribution in [-0.2, 0) is 20.7 Å². The van der Waals surface area contributed by atoms with E-state index in [4.69, 9.17) is 9.84 Å². The van der Waals surface area contributed by atoms with Crippen molar-refractivity contribution in [3.05, 3.63) is 34.9 Å². The molecule has 0 aliphatic carbocycles. The molecule has 0 amide bonds. The van der Waals surface area contributed by atoms with Gasteiger partial charge in [0, 0.05) is 17.5 Å². The SMILES string of the molecule is CCOC(=O)CCc1ccc(C(F)F)c(C(O)C(=O)O)c1. The first kappa shape index (κ1) is 17.0. The van der Waals surface area contributed by atoms with Gasteiger partial charge in [-0.15, -0.1) is 0 Å². The number of ether oxygens (including phenoxy) is 1. The Morgan fingerprint density at radius 2 is 1.95 bits per heavy atom. The Balaban J connectivity index is 2.96. The van der Waals surface area contributed by atoms with Crippen molar-refractivity contribution in [3.8, 4) is 0 Å². The lowest BCUT2D eigenvalue weighted by Gasteiger charge is -2.13. The van der Waals surface area contributed by atoms with Gasteiger partial charge in [0.05, 0.1) is 6.61 Å². The number of aryl methyl sites for hydroxylation is 1. The van der Waals surface area contributed by atoms with Crippen LogP contribution in [0, 0.1) is 0 Å². The van der Waals surface area contributed by atoms with E-state index in [1.165, 1.54) is 12.1 Å². The lowest BCUT2D eigenvalue weighted by Crippen LogP contribution is -2.14. The van der Waals surface area contributed by atoms with Gasteiger partial charge in [-0.2, -0.15) is 0 Å². The summed E-state index contributed by atoms with van der Waals surface area (Å²) in [6, 6.07) is 3.62. The number of carboxylic acid groups (broad SMARTS) is 1. The fraction of sp³-hybridized carbons (Fsp3) is 0.429. The first-order chi connectivity index (χ1) is 9.86. The summed E-state index contributed by atoms with van der Waals surface area (Å²) in [4.78, 5) is 22.0. The average Bonchev–Trinajstić information content (AvgIpc) is 2.44. The first-order valence-electron chi connectivity index (χ1n) is 6.34. The smallest absolute Gasteiger partial charge is 0.337 e. The second kappa shape index (κ2) is 7.68. The lowest BCUT2D eigenvalue weighted by atomic mass is 9.97. The van der Waals surface area contributed by atoms with Gasteiger partial charge in [0.15, 0.2) is 6.10 Å². The Morgan fingerprint density at radius 1 is 1.29 bits per heavy atom. The normalized spacial score (nSPS) is 12.2. The third kappa shape index (κ3) is 4.78. The second-order valence-electron chi connectivity index (χ2n) is 4.31. The van der Waals surface area contributed by atoms with Crippen molar-refractivity contribution >= 4 is 11.9 Å². The predicted molar refractivity (Wildman–Crippen MR) is 68.9 cm³/mol. The minimum atomic E-state index is -2.90. The van der Waals surface area contributed by atoms with Gasteiger partial charge in [-0.05, 0) is 18.9 Å². The van der Waals surface area contributed by atoms with Crippen LogP contribution in [0.2, 0.25) is 0 Å². The van der Waals surface area contributed by atoms with Gasteiger partial charge in [0.25, 0.3) is 6.43 Å². The third-order valence-electron chi connectivity index (χ3n) is 2.84. The molecule has 1 aromatic carbocycles. The zero-order valence-electron chi connectivity index (χ0n) is 11.4. The largest absolute Gasteiger partial charge is 0.479 e. The minimum absolute atomic E-state index is 0.0461. The number of carboxylic acids is 1. The van der Waals surface area contributed by atoms with E-state index < -0.39 is 30.0 Å². The van der Waals surface area contributed by atoms with Crippen LogP contribution in [0.5, 0.6) is 0 Å². The molecule has 0 heterocycles. The number of halogens is 2. The maximum absolute atomic E-state index is 12.8. The number of benzene rings is 1. The van der Waals surface area contributed by atoms with Crippen molar-refractivity contribution in [2.45, 2.75) is 32.3 Å². The number of carbonyl (C=O) groups is 2. The van der Waals surface area contributed by atoms with Gasteiger partial charge in [-0.1, -0.05) is 18.2 Å². The maximum Gasteiger partial charge on any atom is 0.337 e. The molecule has 0 saturated carbocycles. The van der Waals surface area contributed by atoms with E-state index in [1.54, 1.807) is 6.92 Å². The molecule has 1 rings (SSSR count). The molecule has 0 aliphatic rings. The average molecular weight is 302 g/mol. The third-order valence-corrected chi connectivity index (χ3v) is 2.84. The quantitative estimate of drug-likeness (QED) is 0.755. The fourth-order valence-electron chi connectivity index (χ4n) is 1.83. The molecular formula is C14H16F2O5. The zero-order chi connectivity index (χ0) is 16.0. The van der Waals surface area contributed by atoms with E-state index in [2.05, 4.69) is 0 Å². The number of aliphatic carboxylic acids is 1. The molecular weight excluding hydrogens is 286 g/mol. The molecule has 0 radical (unpaired) electrons. The van der Waals surface area contributed by atoms with Crippen LogP contribution in [0.25, 0.3) is 0 Å². The van der Waals surface area contributed by atoms with Crippen molar-refractivity contribution in [1.29, 1.82) is 0 Å². The van der Waals surface area contributed by atoms with Crippen molar-refractivity contribution in [2.24, 2.45) is 0 Å². The summed E-state index contributed by atoms with van der Waals surface area (Å²) in [5.74, 6) is -2.05. The highest BCUT2D eigenvalue weighted by atomic mass is 19.3. The van der Waals surface area contributed by atoms with Gasteiger partial charge in [0.2, 0.25) is 0 Å². The van der Waals surface area contributed by atoms with Gasteiger partial charge in [0.1, 0.15) is 0 Å². The van der Waals surface area contributed by atoms with E-state index in [0.29, 0.717) is 5.56 Å². The summed E-state index contributed by atoms with van der Waals surface area (Å²) >= 11 is 0. The molecule has 2 N–H and O–H groups in total. The number of aliphatic hydroxyl groups excluding tert-OH is 1. The van der Waals surface area contributed by atoms with Crippen LogP contribution in [0.4, 0.5) is 8.78 Å².